The summed E-state index contributed by atoms with van der Waals surface area (Å²) in [5.74, 6) is -1.93. The summed E-state index contributed by atoms with van der Waals surface area (Å²) in [5, 5.41) is 0. The minimum Gasteiger partial charge on any atom is -0.468 e. The fraction of sp³-hybridized carbons (Fsp3) is 0.519. The third kappa shape index (κ3) is 4.01. The summed E-state index contributed by atoms with van der Waals surface area (Å²) < 4.78 is 16.2. The molecule has 0 spiro atoms. The van der Waals surface area contributed by atoms with Crippen molar-refractivity contribution >= 4 is 17.7 Å². The van der Waals surface area contributed by atoms with Crippen molar-refractivity contribution in [2.24, 2.45) is 10.8 Å². The predicted octanol–water partition coefficient (Wildman–Crippen LogP) is 0.698. The Kier molecular flexibility index (Phi) is 7.28. The number of carbonyl (C=O) groups is 3. The Bertz CT molecular complexity index is 1100. The summed E-state index contributed by atoms with van der Waals surface area (Å²) in [4.78, 5) is 57.8. The van der Waals surface area contributed by atoms with Gasteiger partial charge in [-0.1, -0.05) is 12.1 Å². The van der Waals surface area contributed by atoms with Gasteiger partial charge in [0.15, 0.2) is 16.6 Å². The number of fused-ring (bicyclic) bond motifs is 2. The molecule has 2 aromatic rings. The van der Waals surface area contributed by atoms with Crippen molar-refractivity contribution in [2.45, 2.75) is 12.1 Å². The molecule has 2 aromatic heterocycles. The van der Waals surface area contributed by atoms with Gasteiger partial charge in [-0.05, 0) is 31.3 Å². The zero-order chi connectivity index (χ0) is 26.9. The highest BCUT2D eigenvalue weighted by Gasteiger charge is 2.75. The van der Waals surface area contributed by atoms with Gasteiger partial charge in [-0.15, -0.1) is 0 Å². The molecule has 0 radical (unpaired) electrons. The highest BCUT2D eigenvalue weighted by Crippen LogP contribution is 2.60. The summed E-state index contributed by atoms with van der Waals surface area (Å²) >= 11 is 0. The van der Waals surface area contributed by atoms with E-state index in [1.807, 2.05) is 21.9 Å². The number of ether oxygens (including phenoxy) is 3. The van der Waals surface area contributed by atoms with E-state index < -0.39 is 40.6 Å². The van der Waals surface area contributed by atoms with Gasteiger partial charge in [0.05, 0.1) is 57.6 Å². The Morgan fingerprint density at radius 1 is 0.895 bits per heavy atom. The molecular weight excluding hydrogens is 490 g/mol. The predicted molar refractivity (Wildman–Crippen MR) is 134 cm³/mol. The summed E-state index contributed by atoms with van der Waals surface area (Å²) in [7, 11) is 4.34. The molecule has 11 heteroatoms. The van der Waals surface area contributed by atoms with Crippen LogP contribution in [0.4, 0.5) is 0 Å². The van der Waals surface area contributed by atoms with Crippen molar-refractivity contribution in [3.8, 4) is 0 Å². The molecule has 0 aliphatic carbocycles. The molecule has 5 heterocycles. The van der Waals surface area contributed by atoms with Crippen LogP contribution >= 0.6 is 0 Å². The highest BCUT2D eigenvalue weighted by atomic mass is 16.5. The van der Waals surface area contributed by atoms with Gasteiger partial charge in [0.1, 0.15) is 0 Å². The number of piperidine rings is 2. The summed E-state index contributed by atoms with van der Waals surface area (Å²) in [5.41, 5.74) is -2.41. The van der Waals surface area contributed by atoms with Crippen molar-refractivity contribution in [2.75, 3.05) is 67.3 Å². The SMILES string of the molecule is COC(=O)C12CN(CN3CCOCC3)CC(C(=O)OC)(C1=O)C(c1ccccn1)N(C)C2c1ccccn1. The number of hydrogen-bond acceptors (Lipinski definition) is 11. The maximum Gasteiger partial charge on any atom is 0.322 e. The van der Waals surface area contributed by atoms with E-state index in [-0.39, 0.29) is 13.1 Å². The number of carbonyl (C=O) groups excluding carboxylic acids is 3. The Hall–Kier alpha value is -3.25. The van der Waals surface area contributed by atoms with E-state index in [0.717, 1.165) is 0 Å². The van der Waals surface area contributed by atoms with Crippen LogP contribution in [0.15, 0.2) is 48.8 Å². The number of esters is 2. The number of rotatable bonds is 6. The van der Waals surface area contributed by atoms with Crippen LogP contribution in [-0.2, 0) is 28.6 Å². The van der Waals surface area contributed by atoms with Gasteiger partial charge < -0.3 is 14.2 Å². The molecule has 0 aromatic carbocycles. The van der Waals surface area contributed by atoms with Crippen LogP contribution in [0.1, 0.15) is 23.5 Å². The molecule has 11 nitrogen and oxygen atoms in total. The third-order valence-corrected chi connectivity index (χ3v) is 8.04. The molecule has 3 saturated heterocycles. The molecule has 0 amide bonds. The minimum atomic E-state index is -1.73. The molecule has 3 aliphatic rings. The standard InChI is InChI=1S/C27H33N5O6/c1-30-21(19-8-4-6-10-28-19)26(24(34)36-2)16-32(18-31-12-14-38-15-13-31)17-27(23(26)33,25(35)37-3)22(30)20-9-5-7-11-29-20/h4-11,21-22H,12-18H2,1-3H3. The Morgan fingerprint density at radius 2 is 1.39 bits per heavy atom. The second-order valence-corrected chi connectivity index (χ2v) is 10.1. The lowest BCUT2D eigenvalue weighted by molar-refractivity contribution is -0.206. The van der Waals surface area contributed by atoms with Gasteiger partial charge >= 0.3 is 11.9 Å². The summed E-state index contributed by atoms with van der Waals surface area (Å²) in [6, 6.07) is 9.14. The van der Waals surface area contributed by atoms with Crippen molar-refractivity contribution in [3.63, 3.8) is 0 Å². The van der Waals surface area contributed by atoms with E-state index in [1.54, 1.807) is 43.7 Å². The monoisotopic (exact) mass is 523 g/mol. The smallest absolute Gasteiger partial charge is 0.322 e. The highest BCUT2D eigenvalue weighted by molar-refractivity contribution is 6.17. The van der Waals surface area contributed by atoms with E-state index in [1.165, 1.54) is 14.2 Å². The number of aromatic nitrogens is 2. The van der Waals surface area contributed by atoms with Crippen molar-refractivity contribution in [1.29, 1.82) is 0 Å². The second-order valence-electron chi connectivity index (χ2n) is 10.1. The maximum absolute atomic E-state index is 14.9. The Balaban J connectivity index is 1.75. The van der Waals surface area contributed by atoms with Crippen molar-refractivity contribution in [3.05, 3.63) is 60.2 Å². The first-order chi connectivity index (χ1) is 18.4. The van der Waals surface area contributed by atoms with E-state index in [0.29, 0.717) is 44.4 Å². The molecule has 4 unspecified atom stereocenters. The number of methoxy groups -OCH3 is 2. The number of likely N-dealkylation sites (tertiary alicyclic amines) is 2. The number of ketones is 1. The van der Waals surface area contributed by atoms with Crippen LogP contribution in [0.2, 0.25) is 0 Å². The van der Waals surface area contributed by atoms with Crippen LogP contribution < -0.4 is 0 Å². The first kappa shape index (κ1) is 26.4. The number of Topliss-reactive ketones (excluding diaryl/α,β-unsaturated/α-hetero) is 1. The molecule has 0 saturated carbocycles. The van der Waals surface area contributed by atoms with Gasteiger partial charge in [-0.2, -0.15) is 0 Å². The summed E-state index contributed by atoms with van der Waals surface area (Å²) in [6.07, 6.45) is 3.26. The Morgan fingerprint density at radius 3 is 1.82 bits per heavy atom. The number of morpholine rings is 1. The van der Waals surface area contributed by atoms with Crippen LogP contribution in [0.5, 0.6) is 0 Å². The van der Waals surface area contributed by atoms with Gasteiger partial charge in [0.25, 0.3) is 0 Å². The van der Waals surface area contributed by atoms with E-state index in [2.05, 4.69) is 14.9 Å². The lowest BCUT2D eigenvalue weighted by atomic mass is 9.54. The van der Waals surface area contributed by atoms with Gasteiger partial charge in [0, 0.05) is 38.6 Å². The van der Waals surface area contributed by atoms with Crippen LogP contribution in [0.3, 0.4) is 0 Å². The Labute approximate surface area is 221 Å². The minimum absolute atomic E-state index is 0.0646. The van der Waals surface area contributed by atoms with Crippen molar-refractivity contribution in [1.82, 2.24) is 24.7 Å². The van der Waals surface area contributed by atoms with Crippen molar-refractivity contribution < 1.29 is 28.6 Å². The van der Waals surface area contributed by atoms with E-state index in [4.69, 9.17) is 14.2 Å². The average molecular weight is 524 g/mol. The topological polar surface area (TPSA) is 114 Å². The zero-order valence-corrected chi connectivity index (χ0v) is 21.9. The average Bonchev–Trinajstić information content (AvgIpc) is 2.95. The first-order valence-corrected chi connectivity index (χ1v) is 12.7. The fourth-order valence-electron chi connectivity index (χ4n) is 6.59. The van der Waals surface area contributed by atoms with E-state index >= 15 is 0 Å². The zero-order valence-electron chi connectivity index (χ0n) is 21.9. The second kappa shape index (κ2) is 10.5. The molecule has 0 N–H and O–H groups in total. The molecular formula is C27H33N5O6. The molecule has 202 valence electrons. The lowest BCUT2D eigenvalue weighted by Gasteiger charge is -2.60. The lowest BCUT2D eigenvalue weighted by Crippen LogP contribution is -2.76. The summed E-state index contributed by atoms with van der Waals surface area (Å²) in [6.45, 7) is 3.16. The largest absolute Gasteiger partial charge is 0.468 e. The quantitative estimate of drug-likeness (QED) is 0.394. The van der Waals surface area contributed by atoms with Crippen LogP contribution in [-0.4, -0.2) is 110 Å². The molecule has 5 rings (SSSR count). The molecule has 4 atom stereocenters. The number of hydrogen-bond donors (Lipinski definition) is 0. The van der Waals surface area contributed by atoms with Gasteiger partial charge in [-0.3, -0.25) is 39.1 Å². The van der Waals surface area contributed by atoms with Gasteiger partial charge in [-0.25, -0.2) is 0 Å². The molecule has 3 fully saturated rings. The number of nitrogens with zero attached hydrogens (tertiary/aromatic N) is 5. The third-order valence-electron chi connectivity index (χ3n) is 8.04. The fourth-order valence-corrected chi connectivity index (χ4v) is 6.59. The van der Waals surface area contributed by atoms with Crippen LogP contribution in [0.25, 0.3) is 0 Å². The first-order valence-electron chi connectivity index (χ1n) is 12.7. The molecule has 2 bridgehead atoms. The van der Waals surface area contributed by atoms with Crippen LogP contribution in [0, 0.1) is 10.8 Å². The van der Waals surface area contributed by atoms with Gasteiger partial charge in [0.2, 0.25) is 0 Å². The molecule has 38 heavy (non-hydrogen) atoms. The van der Waals surface area contributed by atoms with E-state index in [9.17, 15) is 14.4 Å². The normalized spacial score (nSPS) is 30.6. The molecule has 3 aliphatic heterocycles. The maximum atomic E-state index is 14.9. The number of pyridine rings is 2.